The molecule has 1 saturated heterocycles. The molecule has 3 aliphatic carbocycles. The van der Waals surface area contributed by atoms with Crippen molar-refractivity contribution < 1.29 is 14.6 Å². The van der Waals surface area contributed by atoms with E-state index in [4.69, 9.17) is 4.74 Å². The van der Waals surface area contributed by atoms with Crippen molar-refractivity contribution in [2.24, 2.45) is 28.1 Å². The maximum absolute atomic E-state index is 12.6. The van der Waals surface area contributed by atoms with Crippen LogP contribution in [0.1, 0.15) is 52.9 Å². The summed E-state index contributed by atoms with van der Waals surface area (Å²) < 4.78 is 5.79. The Kier molecular flexibility index (Phi) is 3.02. The molecule has 3 heteroatoms. The molecule has 7 atom stereocenters. The quantitative estimate of drug-likeness (QED) is 0.593. The number of hydrogen-bond donors (Lipinski definition) is 1. The first-order valence-corrected chi connectivity index (χ1v) is 8.95. The van der Waals surface area contributed by atoms with Gasteiger partial charge in [-0.3, -0.25) is 4.79 Å². The van der Waals surface area contributed by atoms with Crippen LogP contribution in [0.3, 0.4) is 0 Å². The molecule has 1 aliphatic heterocycles. The van der Waals surface area contributed by atoms with Crippen LogP contribution in [0, 0.1) is 28.1 Å². The maximum atomic E-state index is 12.6. The highest BCUT2D eigenvalue weighted by Crippen LogP contribution is 2.66. The molecule has 0 aromatic carbocycles. The number of fused-ring (bicyclic) bond motifs is 2. The SMILES string of the molecule is C=C[C@]1(C)CC[C@@H]2C(=C[C@@H]3OC(=O)[C@@]4(C)C[C@@H](O)C[C@@]2(C)[C@@H]34)C1. The number of carbonyl (C=O) groups excluding carboxylic acids is 1. The smallest absolute Gasteiger partial charge is 0.312 e. The van der Waals surface area contributed by atoms with Crippen LogP contribution in [0.5, 0.6) is 0 Å². The van der Waals surface area contributed by atoms with Crippen LogP contribution in [0.15, 0.2) is 24.3 Å². The summed E-state index contributed by atoms with van der Waals surface area (Å²) in [7, 11) is 0. The lowest BCUT2D eigenvalue weighted by molar-refractivity contribution is -0.152. The highest BCUT2D eigenvalue weighted by molar-refractivity contribution is 5.80. The maximum Gasteiger partial charge on any atom is 0.312 e. The van der Waals surface area contributed by atoms with E-state index in [0.29, 0.717) is 12.3 Å². The largest absolute Gasteiger partial charge is 0.457 e. The second-order valence-electron chi connectivity index (χ2n) is 9.20. The van der Waals surface area contributed by atoms with Crippen molar-refractivity contribution in [3.05, 3.63) is 24.3 Å². The van der Waals surface area contributed by atoms with Gasteiger partial charge < -0.3 is 9.84 Å². The molecule has 1 heterocycles. The first kappa shape index (κ1) is 15.4. The van der Waals surface area contributed by atoms with E-state index in [1.54, 1.807) is 0 Å². The minimum atomic E-state index is -0.529. The van der Waals surface area contributed by atoms with E-state index < -0.39 is 11.5 Å². The Morgan fingerprint density at radius 3 is 2.78 bits per heavy atom. The van der Waals surface area contributed by atoms with E-state index >= 15 is 0 Å². The summed E-state index contributed by atoms with van der Waals surface area (Å²) in [5, 5.41) is 10.5. The van der Waals surface area contributed by atoms with Crippen molar-refractivity contribution in [2.45, 2.75) is 65.1 Å². The second-order valence-corrected chi connectivity index (χ2v) is 9.20. The monoisotopic (exact) mass is 316 g/mol. The van der Waals surface area contributed by atoms with Crippen LogP contribution in [0.4, 0.5) is 0 Å². The summed E-state index contributed by atoms with van der Waals surface area (Å²) >= 11 is 0. The zero-order chi connectivity index (χ0) is 16.6. The van der Waals surface area contributed by atoms with Crippen LogP contribution in [0.25, 0.3) is 0 Å². The number of aliphatic hydroxyl groups is 1. The molecular formula is C20H28O3. The molecule has 0 spiro atoms. The normalized spacial score (nSPS) is 54.6. The molecule has 126 valence electrons. The third kappa shape index (κ3) is 1.89. The van der Waals surface area contributed by atoms with Crippen molar-refractivity contribution in [3.8, 4) is 0 Å². The number of allylic oxidation sites excluding steroid dienone is 2. The van der Waals surface area contributed by atoms with Gasteiger partial charge in [-0.1, -0.05) is 25.5 Å². The van der Waals surface area contributed by atoms with Gasteiger partial charge in [0.05, 0.1) is 11.5 Å². The van der Waals surface area contributed by atoms with Gasteiger partial charge in [0.15, 0.2) is 0 Å². The Morgan fingerprint density at radius 2 is 2.09 bits per heavy atom. The zero-order valence-electron chi connectivity index (χ0n) is 14.5. The molecule has 1 N–H and O–H groups in total. The Labute approximate surface area is 138 Å². The molecule has 3 nitrogen and oxygen atoms in total. The van der Waals surface area contributed by atoms with Crippen LogP contribution < -0.4 is 0 Å². The zero-order valence-corrected chi connectivity index (χ0v) is 14.5. The second kappa shape index (κ2) is 4.50. The van der Waals surface area contributed by atoms with Crippen molar-refractivity contribution in [3.63, 3.8) is 0 Å². The Hall–Kier alpha value is -1.09. The minimum absolute atomic E-state index is 0.0458. The van der Waals surface area contributed by atoms with Gasteiger partial charge in [-0.25, -0.2) is 0 Å². The first-order chi connectivity index (χ1) is 10.7. The molecule has 0 amide bonds. The predicted molar refractivity (Wildman–Crippen MR) is 88.6 cm³/mol. The van der Waals surface area contributed by atoms with E-state index in [-0.39, 0.29) is 28.8 Å². The summed E-state index contributed by atoms with van der Waals surface area (Å²) in [6.45, 7) is 10.6. The third-order valence-corrected chi connectivity index (χ3v) is 7.50. The van der Waals surface area contributed by atoms with Crippen molar-refractivity contribution >= 4 is 5.97 Å². The van der Waals surface area contributed by atoms with Gasteiger partial charge in [-0.2, -0.15) is 0 Å². The van der Waals surface area contributed by atoms with E-state index in [9.17, 15) is 9.90 Å². The van der Waals surface area contributed by atoms with Crippen molar-refractivity contribution in [2.75, 3.05) is 0 Å². The molecular weight excluding hydrogens is 288 g/mol. The molecule has 0 bridgehead atoms. The van der Waals surface area contributed by atoms with E-state index in [1.165, 1.54) is 5.57 Å². The van der Waals surface area contributed by atoms with Crippen LogP contribution in [0.2, 0.25) is 0 Å². The van der Waals surface area contributed by atoms with Gasteiger partial charge in [-0.15, -0.1) is 6.58 Å². The summed E-state index contributed by atoms with van der Waals surface area (Å²) in [4.78, 5) is 12.6. The fraction of sp³-hybridized carbons (Fsp3) is 0.750. The van der Waals surface area contributed by atoms with E-state index in [0.717, 1.165) is 25.7 Å². The molecule has 23 heavy (non-hydrogen) atoms. The predicted octanol–water partition coefficient (Wildman–Crippen LogP) is 3.63. The number of esters is 1. The summed E-state index contributed by atoms with van der Waals surface area (Å²) in [5.74, 6) is 0.549. The number of ether oxygens (including phenoxy) is 1. The number of hydrogen-bond acceptors (Lipinski definition) is 3. The summed E-state index contributed by atoms with van der Waals surface area (Å²) in [5.41, 5.74) is 0.993. The standard InChI is InChI=1S/C20H28O3/c1-5-18(2)7-6-14-12(9-18)8-15-16-19(14,3)10-13(21)11-20(16,4)17(22)23-15/h5,8,13-16,21H,1,6-7,9-11H2,2-4H3/t13-,14+,15-,16+,18+,19+,20-/m0/s1. The molecule has 0 radical (unpaired) electrons. The van der Waals surface area contributed by atoms with Crippen LogP contribution >= 0.6 is 0 Å². The molecule has 2 saturated carbocycles. The fourth-order valence-electron chi connectivity index (χ4n) is 6.47. The lowest BCUT2D eigenvalue weighted by Crippen LogP contribution is -2.56. The minimum Gasteiger partial charge on any atom is -0.457 e. The third-order valence-electron chi connectivity index (χ3n) is 7.50. The molecule has 3 fully saturated rings. The summed E-state index contributed by atoms with van der Waals surface area (Å²) in [6.07, 6.45) is 8.40. The highest BCUT2D eigenvalue weighted by Gasteiger charge is 2.67. The molecule has 4 aliphatic rings. The molecule has 4 rings (SSSR count). The molecule has 0 unspecified atom stereocenters. The van der Waals surface area contributed by atoms with Gasteiger partial charge in [0.25, 0.3) is 0 Å². The summed E-state index contributed by atoms with van der Waals surface area (Å²) in [6, 6.07) is 0. The van der Waals surface area contributed by atoms with E-state index in [1.807, 2.05) is 6.92 Å². The van der Waals surface area contributed by atoms with Crippen LogP contribution in [-0.2, 0) is 9.53 Å². The molecule has 0 aromatic heterocycles. The Morgan fingerprint density at radius 1 is 1.35 bits per heavy atom. The van der Waals surface area contributed by atoms with Crippen LogP contribution in [-0.4, -0.2) is 23.3 Å². The van der Waals surface area contributed by atoms with Gasteiger partial charge in [0, 0.05) is 5.92 Å². The van der Waals surface area contributed by atoms with Crippen molar-refractivity contribution in [1.82, 2.24) is 0 Å². The number of carbonyl (C=O) groups is 1. The lowest BCUT2D eigenvalue weighted by Gasteiger charge is -2.57. The van der Waals surface area contributed by atoms with Gasteiger partial charge in [-0.05, 0) is 61.9 Å². The molecule has 0 aromatic rings. The van der Waals surface area contributed by atoms with Crippen molar-refractivity contribution in [1.29, 1.82) is 0 Å². The number of rotatable bonds is 1. The topological polar surface area (TPSA) is 46.5 Å². The van der Waals surface area contributed by atoms with Gasteiger partial charge in [0.2, 0.25) is 0 Å². The van der Waals surface area contributed by atoms with Gasteiger partial charge in [0.1, 0.15) is 6.10 Å². The average Bonchev–Trinajstić information content (AvgIpc) is 2.69. The Bertz CT molecular complexity index is 608. The van der Waals surface area contributed by atoms with E-state index in [2.05, 4.69) is 32.6 Å². The lowest BCUT2D eigenvalue weighted by atomic mass is 9.45. The number of aliphatic hydroxyl groups excluding tert-OH is 1. The average molecular weight is 316 g/mol. The first-order valence-electron chi connectivity index (χ1n) is 8.95. The Balaban J connectivity index is 1.81. The van der Waals surface area contributed by atoms with Gasteiger partial charge >= 0.3 is 5.97 Å². The highest BCUT2D eigenvalue weighted by atomic mass is 16.6. The fourth-order valence-corrected chi connectivity index (χ4v) is 6.47.